The van der Waals surface area contributed by atoms with Gasteiger partial charge in [-0.25, -0.2) is 4.39 Å². The van der Waals surface area contributed by atoms with Gasteiger partial charge in [-0.05, 0) is 30.0 Å². The highest BCUT2D eigenvalue weighted by Gasteiger charge is 2.28. The van der Waals surface area contributed by atoms with E-state index in [1.54, 1.807) is 12.1 Å². The number of benzene rings is 3. The van der Waals surface area contributed by atoms with Crippen LogP contribution in [-0.4, -0.2) is 23.9 Å². The van der Waals surface area contributed by atoms with Crippen molar-refractivity contribution in [2.45, 2.75) is 31.6 Å². The Morgan fingerprint density at radius 2 is 1.81 bits per heavy atom. The van der Waals surface area contributed by atoms with Crippen molar-refractivity contribution in [3.8, 4) is 5.75 Å². The summed E-state index contributed by atoms with van der Waals surface area (Å²) >= 11 is 0. The maximum absolute atomic E-state index is 14.2. The molecule has 0 saturated carbocycles. The fourth-order valence-electron chi connectivity index (χ4n) is 3.55. The quantitative estimate of drug-likeness (QED) is 0.734. The zero-order valence-corrected chi connectivity index (χ0v) is 14.5. The molecule has 1 unspecified atom stereocenters. The Labute approximate surface area is 152 Å². The van der Waals surface area contributed by atoms with Gasteiger partial charge in [0.25, 0.3) is 0 Å². The minimum Gasteiger partial charge on any atom is -0.487 e. The number of fused-ring (bicyclic) bond motifs is 3. The lowest BCUT2D eigenvalue weighted by molar-refractivity contribution is 0.0253. The summed E-state index contributed by atoms with van der Waals surface area (Å²) in [4.78, 5) is 0. The SMILES string of the molecule is OC(CNCc1ccccc1)[C@H]1CCc2cc(F)c3ccccc3c2O1. The standard InChI is InChI=1S/C22H22FNO2/c23-19-12-16-10-11-21(26-22(16)18-9-5-4-8-17(18)19)20(25)14-24-13-15-6-2-1-3-7-15/h1-9,12,20-21,24-25H,10-11,13-14H2/t20?,21-/m1/s1. The van der Waals surface area contributed by atoms with Crippen LogP contribution in [0.3, 0.4) is 0 Å². The number of ether oxygens (including phenoxy) is 1. The van der Waals surface area contributed by atoms with Crippen LogP contribution in [0.1, 0.15) is 17.5 Å². The van der Waals surface area contributed by atoms with E-state index >= 15 is 0 Å². The van der Waals surface area contributed by atoms with E-state index in [-0.39, 0.29) is 11.9 Å². The molecule has 0 radical (unpaired) electrons. The molecule has 0 spiro atoms. The molecule has 2 N–H and O–H groups in total. The minimum absolute atomic E-state index is 0.216. The first kappa shape index (κ1) is 17.0. The van der Waals surface area contributed by atoms with Crippen LogP contribution in [-0.2, 0) is 13.0 Å². The normalized spacial score (nSPS) is 17.5. The number of aliphatic hydroxyl groups excluding tert-OH is 1. The lowest BCUT2D eigenvalue weighted by atomic mass is 9.95. The van der Waals surface area contributed by atoms with Gasteiger partial charge in [-0.3, -0.25) is 0 Å². The lowest BCUT2D eigenvalue weighted by Gasteiger charge is -2.30. The van der Waals surface area contributed by atoms with Crippen LogP contribution in [0, 0.1) is 5.82 Å². The summed E-state index contributed by atoms with van der Waals surface area (Å²) in [5.74, 6) is 0.492. The van der Waals surface area contributed by atoms with E-state index in [0.717, 1.165) is 10.9 Å². The summed E-state index contributed by atoms with van der Waals surface area (Å²) in [6.45, 7) is 1.16. The number of hydrogen-bond acceptors (Lipinski definition) is 3. The van der Waals surface area contributed by atoms with E-state index in [1.165, 1.54) is 5.56 Å². The predicted molar refractivity (Wildman–Crippen MR) is 101 cm³/mol. The molecule has 4 rings (SSSR count). The predicted octanol–water partition coefficient (Wildman–Crippen LogP) is 3.82. The Bertz CT molecular complexity index is 897. The van der Waals surface area contributed by atoms with E-state index in [0.29, 0.717) is 37.1 Å². The molecule has 3 aromatic carbocycles. The smallest absolute Gasteiger partial charge is 0.131 e. The van der Waals surface area contributed by atoms with Gasteiger partial charge in [0.05, 0.1) is 0 Å². The summed E-state index contributed by atoms with van der Waals surface area (Å²) in [5.41, 5.74) is 2.05. The highest BCUT2D eigenvalue weighted by Crippen LogP contribution is 2.37. The van der Waals surface area contributed by atoms with Crippen LogP contribution < -0.4 is 10.1 Å². The van der Waals surface area contributed by atoms with Gasteiger partial charge in [0.1, 0.15) is 23.8 Å². The second-order valence-electron chi connectivity index (χ2n) is 6.77. The van der Waals surface area contributed by atoms with E-state index in [2.05, 4.69) is 5.32 Å². The number of hydrogen-bond donors (Lipinski definition) is 2. The monoisotopic (exact) mass is 351 g/mol. The van der Waals surface area contributed by atoms with E-state index in [4.69, 9.17) is 4.74 Å². The van der Waals surface area contributed by atoms with Crippen molar-refractivity contribution in [1.29, 1.82) is 0 Å². The molecule has 0 fully saturated rings. The molecule has 4 heteroatoms. The van der Waals surface area contributed by atoms with Crippen molar-refractivity contribution < 1.29 is 14.2 Å². The first-order valence-corrected chi connectivity index (χ1v) is 9.02. The first-order chi connectivity index (χ1) is 12.7. The van der Waals surface area contributed by atoms with Gasteiger partial charge in [0.15, 0.2) is 0 Å². The van der Waals surface area contributed by atoms with Crippen molar-refractivity contribution in [3.63, 3.8) is 0 Å². The van der Waals surface area contributed by atoms with E-state index < -0.39 is 6.10 Å². The Kier molecular flexibility index (Phi) is 4.87. The third-order valence-electron chi connectivity index (χ3n) is 4.94. The average molecular weight is 351 g/mol. The van der Waals surface area contributed by atoms with Crippen molar-refractivity contribution in [2.75, 3.05) is 6.54 Å². The Balaban J connectivity index is 1.45. The number of nitrogens with one attached hydrogen (secondary N) is 1. The summed E-state index contributed by atoms with van der Waals surface area (Å²) in [5, 5.41) is 15.2. The average Bonchev–Trinajstić information content (AvgIpc) is 2.69. The molecule has 1 heterocycles. The minimum atomic E-state index is -0.615. The second kappa shape index (κ2) is 7.44. The topological polar surface area (TPSA) is 41.5 Å². The van der Waals surface area contributed by atoms with Crippen molar-refractivity contribution in [1.82, 2.24) is 5.32 Å². The number of aliphatic hydroxyl groups is 1. The summed E-state index contributed by atoms with van der Waals surface area (Å²) < 4.78 is 20.4. The third kappa shape index (κ3) is 3.43. The van der Waals surface area contributed by atoms with Crippen LogP contribution in [0.4, 0.5) is 4.39 Å². The van der Waals surface area contributed by atoms with Crippen molar-refractivity contribution in [2.24, 2.45) is 0 Å². The molecule has 0 saturated heterocycles. The maximum atomic E-state index is 14.2. The maximum Gasteiger partial charge on any atom is 0.131 e. The molecule has 134 valence electrons. The van der Waals surface area contributed by atoms with Crippen molar-refractivity contribution >= 4 is 10.8 Å². The van der Waals surface area contributed by atoms with E-state index in [1.807, 2.05) is 48.5 Å². The van der Waals surface area contributed by atoms with Gasteiger partial charge in [0, 0.05) is 23.9 Å². The molecular formula is C22H22FNO2. The van der Waals surface area contributed by atoms with Crippen molar-refractivity contribution in [3.05, 3.63) is 77.6 Å². The number of aryl methyl sites for hydroxylation is 1. The fourth-order valence-corrected chi connectivity index (χ4v) is 3.55. The molecule has 0 aliphatic carbocycles. The zero-order chi connectivity index (χ0) is 17.9. The van der Waals surface area contributed by atoms with Gasteiger partial charge >= 0.3 is 0 Å². The molecule has 0 aromatic heterocycles. The highest BCUT2D eigenvalue weighted by molar-refractivity contribution is 5.90. The van der Waals surface area contributed by atoms with Gasteiger partial charge < -0.3 is 15.2 Å². The van der Waals surface area contributed by atoms with Crippen LogP contribution in [0.25, 0.3) is 10.8 Å². The van der Waals surface area contributed by atoms with Crippen LogP contribution >= 0.6 is 0 Å². The van der Waals surface area contributed by atoms with Gasteiger partial charge in [0.2, 0.25) is 0 Å². The third-order valence-corrected chi connectivity index (χ3v) is 4.94. The molecule has 2 atom stereocenters. The zero-order valence-electron chi connectivity index (χ0n) is 14.5. The van der Waals surface area contributed by atoms with Gasteiger partial charge in [-0.2, -0.15) is 0 Å². The summed E-state index contributed by atoms with van der Waals surface area (Å²) in [7, 11) is 0. The molecule has 0 bridgehead atoms. The largest absolute Gasteiger partial charge is 0.487 e. The summed E-state index contributed by atoms with van der Waals surface area (Å²) in [6.07, 6.45) is 0.478. The number of halogens is 1. The molecule has 26 heavy (non-hydrogen) atoms. The van der Waals surface area contributed by atoms with Crippen LogP contribution in [0.15, 0.2) is 60.7 Å². The number of rotatable bonds is 5. The molecule has 1 aliphatic heterocycles. The Morgan fingerprint density at radius 1 is 1.08 bits per heavy atom. The molecule has 3 nitrogen and oxygen atoms in total. The molecular weight excluding hydrogens is 329 g/mol. The first-order valence-electron chi connectivity index (χ1n) is 9.02. The Morgan fingerprint density at radius 3 is 2.62 bits per heavy atom. The molecule has 3 aromatic rings. The Hall–Kier alpha value is -2.43. The van der Waals surface area contributed by atoms with Crippen LogP contribution in [0.5, 0.6) is 5.75 Å². The lowest BCUT2D eigenvalue weighted by Crippen LogP contribution is -2.41. The highest BCUT2D eigenvalue weighted by atomic mass is 19.1. The van der Waals surface area contributed by atoms with Gasteiger partial charge in [-0.1, -0.05) is 54.6 Å². The molecule has 0 amide bonds. The fraction of sp³-hybridized carbons (Fsp3) is 0.273. The van der Waals surface area contributed by atoms with Gasteiger partial charge in [-0.15, -0.1) is 0 Å². The van der Waals surface area contributed by atoms with Crippen LogP contribution in [0.2, 0.25) is 0 Å². The summed E-state index contributed by atoms with van der Waals surface area (Å²) in [6, 6.07) is 19.0. The molecule has 1 aliphatic rings. The second-order valence-corrected chi connectivity index (χ2v) is 6.77. The van der Waals surface area contributed by atoms with E-state index in [9.17, 15) is 9.50 Å².